The van der Waals surface area contributed by atoms with E-state index in [9.17, 15) is 14.0 Å². The van der Waals surface area contributed by atoms with Crippen LogP contribution in [0.2, 0.25) is 0 Å². The largest absolute Gasteiger partial charge is 0.365 e. The van der Waals surface area contributed by atoms with E-state index in [1.54, 1.807) is 24.3 Å². The van der Waals surface area contributed by atoms with Crippen molar-refractivity contribution in [3.63, 3.8) is 0 Å². The molecule has 23 heavy (non-hydrogen) atoms. The Morgan fingerprint density at radius 2 is 1.74 bits per heavy atom. The van der Waals surface area contributed by atoms with E-state index in [2.05, 4.69) is 5.32 Å². The number of nitrogens with one attached hydrogen (secondary N) is 1. The molecule has 6 heteroatoms. The quantitative estimate of drug-likeness (QED) is 0.864. The molecule has 4 nitrogen and oxygen atoms in total. The summed E-state index contributed by atoms with van der Waals surface area (Å²) in [5.41, 5.74) is 1.10. The highest BCUT2D eigenvalue weighted by Gasteiger charge is 2.34. The normalized spacial score (nSPS) is 16.2. The lowest BCUT2D eigenvalue weighted by Gasteiger charge is -2.14. The molecule has 0 spiro atoms. The summed E-state index contributed by atoms with van der Waals surface area (Å²) in [5.74, 6) is -0.813. The monoisotopic (exact) mass is 328 g/mol. The van der Waals surface area contributed by atoms with Gasteiger partial charge in [0.1, 0.15) is 5.82 Å². The van der Waals surface area contributed by atoms with Gasteiger partial charge in [0.25, 0.3) is 11.1 Å². The van der Waals surface area contributed by atoms with E-state index >= 15 is 0 Å². The molecular weight excluding hydrogens is 315 g/mol. The van der Waals surface area contributed by atoms with E-state index in [4.69, 9.17) is 0 Å². The van der Waals surface area contributed by atoms with Gasteiger partial charge >= 0.3 is 0 Å². The molecule has 0 saturated carbocycles. The highest BCUT2D eigenvalue weighted by atomic mass is 32.2. The van der Waals surface area contributed by atoms with Gasteiger partial charge < -0.3 is 5.32 Å². The van der Waals surface area contributed by atoms with E-state index in [1.165, 1.54) is 6.07 Å². The van der Waals surface area contributed by atoms with Gasteiger partial charge in [-0.3, -0.25) is 14.5 Å². The van der Waals surface area contributed by atoms with Crippen molar-refractivity contribution in [2.24, 2.45) is 0 Å². The van der Waals surface area contributed by atoms with Crippen molar-refractivity contribution in [3.8, 4) is 0 Å². The van der Waals surface area contributed by atoms with E-state index in [1.807, 2.05) is 30.3 Å². The first kappa shape index (κ1) is 15.3. The Kier molecular flexibility index (Phi) is 4.43. The highest BCUT2D eigenvalue weighted by molar-refractivity contribution is 8.18. The van der Waals surface area contributed by atoms with Crippen LogP contribution in [-0.4, -0.2) is 22.7 Å². The zero-order valence-corrected chi connectivity index (χ0v) is 12.8. The molecule has 2 amide bonds. The Hall–Kier alpha value is -2.60. The molecule has 0 unspecified atom stereocenters. The first-order chi connectivity index (χ1) is 11.1. The topological polar surface area (TPSA) is 49.4 Å². The lowest BCUT2D eigenvalue weighted by molar-refractivity contribution is -0.122. The first-order valence-electron chi connectivity index (χ1n) is 6.94. The summed E-state index contributed by atoms with van der Waals surface area (Å²) in [6, 6.07) is 15.4. The van der Waals surface area contributed by atoms with Crippen molar-refractivity contribution < 1.29 is 14.0 Å². The van der Waals surface area contributed by atoms with Crippen molar-refractivity contribution in [1.29, 1.82) is 0 Å². The lowest BCUT2D eigenvalue weighted by Crippen LogP contribution is -2.33. The van der Waals surface area contributed by atoms with Crippen molar-refractivity contribution in [1.82, 2.24) is 4.90 Å². The van der Waals surface area contributed by atoms with Crippen LogP contribution >= 0.6 is 11.8 Å². The molecule has 0 bridgehead atoms. The third-order valence-corrected chi connectivity index (χ3v) is 4.18. The number of halogens is 1. The second-order valence-electron chi connectivity index (χ2n) is 4.84. The highest BCUT2D eigenvalue weighted by Crippen LogP contribution is 2.32. The zero-order chi connectivity index (χ0) is 16.2. The predicted octanol–water partition coefficient (Wildman–Crippen LogP) is 3.93. The minimum Gasteiger partial charge on any atom is -0.365 e. The molecule has 1 heterocycles. The fourth-order valence-electron chi connectivity index (χ4n) is 2.11. The number of hydrogen-bond acceptors (Lipinski definition) is 4. The maximum Gasteiger partial charge on any atom is 0.295 e. The molecule has 0 aromatic heterocycles. The molecule has 3 rings (SSSR count). The van der Waals surface area contributed by atoms with Gasteiger partial charge in [-0.25, -0.2) is 4.39 Å². The zero-order valence-electron chi connectivity index (χ0n) is 12.0. The average Bonchev–Trinajstić information content (AvgIpc) is 2.82. The molecule has 2 aromatic carbocycles. The van der Waals surface area contributed by atoms with Crippen LogP contribution in [0.1, 0.15) is 5.56 Å². The Bertz CT molecular complexity index is 777. The number of hydrogen-bond donors (Lipinski definition) is 1. The van der Waals surface area contributed by atoms with Gasteiger partial charge in [0.2, 0.25) is 0 Å². The van der Waals surface area contributed by atoms with Gasteiger partial charge in [-0.05, 0) is 35.5 Å². The molecular formula is C17H13FN2O2S. The molecule has 0 radical (unpaired) electrons. The summed E-state index contributed by atoms with van der Waals surface area (Å²) >= 11 is 0.881. The van der Waals surface area contributed by atoms with Gasteiger partial charge in [-0.1, -0.05) is 42.5 Å². The molecule has 1 N–H and O–H groups in total. The number of nitrogens with zero attached hydrogens (tertiary/aromatic N) is 1. The Labute approximate surface area is 137 Å². The van der Waals surface area contributed by atoms with Crippen LogP contribution in [0.3, 0.4) is 0 Å². The van der Waals surface area contributed by atoms with Crippen LogP contribution in [0, 0.1) is 5.82 Å². The summed E-state index contributed by atoms with van der Waals surface area (Å²) in [4.78, 5) is 25.7. The molecule has 2 aromatic rings. The van der Waals surface area contributed by atoms with E-state index in [0.29, 0.717) is 4.91 Å². The number of imide groups is 1. The fraction of sp³-hybridized carbons (Fsp3) is 0.0588. The second-order valence-corrected chi connectivity index (χ2v) is 5.83. The van der Waals surface area contributed by atoms with Crippen LogP contribution in [0.25, 0.3) is 6.08 Å². The standard InChI is InChI=1S/C17H13FN2O2S/c18-13-8-4-5-9-14(13)19-11-20-16(21)15(23-17(20)22)10-12-6-2-1-3-7-12/h1-10,19H,11H2/b15-10+. The second kappa shape index (κ2) is 6.66. The number of amides is 2. The van der Waals surface area contributed by atoms with Gasteiger partial charge in [0, 0.05) is 0 Å². The fourth-order valence-corrected chi connectivity index (χ4v) is 2.94. The number of benzene rings is 2. The van der Waals surface area contributed by atoms with Crippen LogP contribution in [0.5, 0.6) is 0 Å². The number of carbonyl (C=O) groups is 2. The van der Waals surface area contributed by atoms with Crippen LogP contribution in [-0.2, 0) is 4.79 Å². The number of thioether (sulfide) groups is 1. The average molecular weight is 328 g/mol. The lowest BCUT2D eigenvalue weighted by atomic mass is 10.2. The summed E-state index contributed by atoms with van der Waals surface area (Å²) in [7, 11) is 0. The van der Waals surface area contributed by atoms with Crippen LogP contribution in [0.4, 0.5) is 14.9 Å². The first-order valence-corrected chi connectivity index (χ1v) is 7.75. The molecule has 0 aliphatic carbocycles. The maximum absolute atomic E-state index is 13.6. The Balaban J connectivity index is 1.72. The van der Waals surface area contributed by atoms with Gasteiger partial charge in [0.15, 0.2) is 0 Å². The van der Waals surface area contributed by atoms with Gasteiger partial charge in [-0.2, -0.15) is 0 Å². The third kappa shape index (κ3) is 3.43. The molecule has 1 fully saturated rings. The number of rotatable bonds is 4. The minimum atomic E-state index is -0.431. The van der Waals surface area contributed by atoms with E-state index in [0.717, 1.165) is 22.2 Å². The summed E-state index contributed by atoms with van der Waals surface area (Å²) in [5, 5.41) is 2.39. The Morgan fingerprint density at radius 1 is 1.04 bits per heavy atom. The van der Waals surface area contributed by atoms with E-state index in [-0.39, 0.29) is 23.5 Å². The Morgan fingerprint density at radius 3 is 2.48 bits per heavy atom. The molecule has 1 aliphatic heterocycles. The molecule has 1 saturated heterocycles. The number of carbonyl (C=O) groups excluding carboxylic acids is 2. The number of anilines is 1. The van der Waals surface area contributed by atoms with Crippen LogP contribution in [0.15, 0.2) is 59.5 Å². The van der Waals surface area contributed by atoms with Gasteiger partial charge in [-0.15, -0.1) is 0 Å². The predicted molar refractivity (Wildman–Crippen MR) is 89.1 cm³/mol. The molecule has 116 valence electrons. The molecule has 0 atom stereocenters. The molecule has 1 aliphatic rings. The van der Waals surface area contributed by atoms with Gasteiger partial charge in [0.05, 0.1) is 17.3 Å². The SMILES string of the molecule is O=C1S/C(=C/c2ccccc2)C(=O)N1CNc1ccccc1F. The van der Waals surface area contributed by atoms with Crippen molar-refractivity contribution >= 4 is 34.7 Å². The summed E-state index contributed by atoms with van der Waals surface area (Å²) in [6.45, 7) is -0.0717. The van der Waals surface area contributed by atoms with Crippen molar-refractivity contribution in [2.45, 2.75) is 0 Å². The van der Waals surface area contributed by atoms with Crippen LogP contribution < -0.4 is 5.32 Å². The minimum absolute atomic E-state index is 0.0717. The van der Waals surface area contributed by atoms with E-state index < -0.39 is 5.82 Å². The van der Waals surface area contributed by atoms with Crippen molar-refractivity contribution in [2.75, 3.05) is 12.0 Å². The summed E-state index contributed by atoms with van der Waals surface area (Å²) < 4.78 is 13.6. The number of para-hydroxylation sites is 1. The third-order valence-electron chi connectivity index (χ3n) is 3.27. The summed E-state index contributed by atoms with van der Waals surface area (Å²) in [6.07, 6.45) is 1.67. The maximum atomic E-state index is 13.6. The van der Waals surface area contributed by atoms with Crippen molar-refractivity contribution in [3.05, 3.63) is 70.9 Å². The smallest absolute Gasteiger partial charge is 0.295 e.